The molecular formula is C10H12F2N2O. The number of para-hydroxylation sites is 1. The fourth-order valence-corrected chi connectivity index (χ4v) is 1.06. The minimum atomic E-state index is -0.724. The van der Waals surface area contributed by atoms with Crippen LogP contribution in [0.1, 0.15) is 12.8 Å². The van der Waals surface area contributed by atoms with Gasteiger partial charge in [-0.2, -0.15) is 0 Å². The molecule has 82 valence electrons. The van der Waals surface area contributed by atoms with Crippen molar-refractivity contribution in [3.05, 3.63) is 29.8 Å². The lowest BCUT2D eigenvalue weighted by molar-refractivity contribution is 0.281. The van der Waals surface area contributed by atoms with Gasteiger partial charge in [0, 0.05) is 6.42 Å². The van der Waals surface area contributed by atoms with Gasteiger partial charge < -0.3 is 10.5 Å². The van der Waals surface area contributed by atoms with Gasteiger partial charge in [0.1, 0.15) is 0 Å². The molecule has 0 heterocycles. The average molecular weight is 214 g/mol. The molecule has 0 fully saturated rings. The number of halogens is 2. The SMILES string of the molecule is N=C(N)CCCOc1c(F)cccc1F. The fourth-order valence-electron chi connectivity index (χ4n) is 1.06. The van der Waals surface area contributed by atoms with E-state index in [0.717, 1.165) is 12.1 Å². The molecule has 0 aliphatic carbocycles. The van der Waals surface area contributed by atoms with Gasteiger partial charge in [-0.05, 0) is 18.6 Å². The molecule has 0 unspecified atom stereocenters. The molecule has 15 heavy (non-hydrogen) atoms. The maximum Gasteiger partial charge on any atom is 0.190 e. The van der Waals surface area contributed by atoms with Gasteiger partial charge in [-0.25, -0.2) is 8.78 Å². The van der Waals surface area contributed by atoms with E-state index >= 15 is 0 Å². The van der Waals surface area contributed by atoms with Crippen molar-refractivity contribution in [1.82, 2.24) is 0 Å². The zero-order chi connectivity index (χ0) is 11.3. The highest BCUT2D eigenvalue weighted by atomic mass is 19.1. The molecule has 0 spiro atoms. The van der Waals surface area contributed by atoms with E-state index < -0.39 is 11.6 Å². The molecule has 0 saturated carbocycles. The third-order valence-corrected chi connectivity index (χ3v) is 1.76. The van der Waals surface area contributed by atoms with E-state index in [1.807, 2.05) is 0 Å². The first kappa shape index (κ1) is 11.4. The van der Waals surface area contributed by atoms with Gasteiger partial charge in [-0.15, -0.1) is 0 Å². The summed E-state index contributed by atoms with van der Waals surface area (Å²) in [6.45, 7) is 0.136. The monoisotopic (exact) mass is 214 g/mol. The lowest BCUT2D eigenvalue weighted by Gasteiger charge is -2.07. The summed E-state index contributed by atoms with van der Waals surface area (Å²) in [6.07, 6.45) is 0.819. The first-order valence-electron chi connectivity index (χ1n) is 4.51. The van der Waals surface area contributed by atoms with Crippen LogP contribution < -0.4 is 10.5 Å². The van der Waals surface area contributed by atoms with Gasteiger partial charge in [-0.3, -0.25) is 5.41 Å². The quantitative estimate of drug-likeness (QED) is 0.447. The van der Waals surface area contributed by atoms with Crippen LogP contribution in [0, 0.1) is 17.0 Å². The number of hydrogen-bond donors (Lipinski definition) is 2. The van der Waals surface area contributed by atoms with Crippen molar-refractivity contribution in [2.75, 3.05) is 6.61 Å². The minimum Gasteiger partial charge on any atom is -0.488 e. The third kappa shape index (κ3) is 3.53. The Kier molecular flexibility index (Phi) is 4.03. The molecule has 1 aromatic rings. The van der Waals surface area contributed by atoms with Crippen LogP contribution in [0.3, 0.4) is 0 Å². The van der Waals surface area contributed by atoms with Crippen molar-refractivity contribution in [3.63, 3.8) is 0 Å². The van der Waals surface area contributed by atoms with Gasteiger partial charge in [-0.1, -0.05) is 6.07 Å². The van der Waals surface area contributed by atoms with Gasteiger partial charge in [0.05, 0.1) is 12.4 Å². The number of rotatable bonds is 5. The molecule has 0 saturated heterocycles. The maximum absolute atomic E-state index is 13.0. The number of nitrogens with one attached hydrogen (secondary N) is 1. The van der Waals surface area contributed by atoms with Crippen molar-refractivity contribution in [2.24, 2.45) is 5.73 Å². The summed E-state index contributed by atoms with van der Waals surface area (Å²) in [7, 11) is 0. The maximum atomic E-state index is 13.0. The predicted molar refractivity (Wildman–Crippen MR) is 53.0 cm³/mol. The van der Waals surface area contributed by atoms with Crippen molar-refractivity contribution in [1.29, 1.82) is 5.41 Å². The average Bonchev–Trinajstić information content (AvgIpc) is 2.15. The molecule has 1 rings (SSSR count). The van der Waals surface area contributed by atoms with E-state index in [1.165, 1.54) is 6.07 Å². The zero-order valence-electron chi connectivity index (χ0n) is 8.09. The minimum absolute atomic E-state index is 0.0348. The lowest BCUT2D eigenvalue weighted by atomic mass is 10.3. The molecule has 1 aromatic carbocycles. The summed E-state index contributed by atoms with van der Waals surface area (Å²) in [6, 6.07) is 3.53. The van der Waals surface area contributed by atoms with Gasteiger partial charge in [0.2, 0.25) is 0 Å². The van der Waals surface area contributed by atoms with Crippen molar-refractivity contribution in [2.45, 2.75) is 12.8 Å². The van der Waals surface area contributed by atoms with E-state index in [0.29, 0.717) is 12.8 Å². The Bertz CT molecular complexity index is 335. The van der Waals surface area contributed by atoms with Gasteiger partial charge >= 0.3 is 0 Å². The summed E-state index contributed by atoms with van der Waals surface area (Å²) in [5, 5.41) is 6.94. The van der Waals surface area contributed by atoms with Crippen LogP contribution in [0.5, 0.6) is 5.75 Å². The Morgan fingerprint density at radius 1 is 1.33 bits per heavy atom. The topological polar surface area (TPSA) is 59.1 Å². The van der Waals surface area contributed by atoms with Crippen LogP contribution >= 0.6 is 0 Å². The molecule has 0 amide bonds. The van der Waals surface area contributed by atoms with E-state index in [9.17, 15) is 8.78 Å². The summed E-state index contributed by atoms with van der Waals surface area (Å²) >= 11 is 0. The highest BCUT2D eigenvalue weighted by Crippen LogP contribution is 2.20. The van der Waals surface area contributed by atoms with Crippen LogP contribution in [0.15, 0.2) is 18.2 Å². The second kappa shape index (κ2) is 5.29. The number of nitrogens with two attached hydrogens (primary N) is 1. The summed E-state index contributed by atoms with van der Waals surface area (Å²) in [5.74, 6) is -1.79. The first-order valence-corrected chi connectivity index (χ1v) is 4.51. The van der Waals surface area contributed by atoms with Crippen LogP contribution in [0.4, 0.5) is 8.78 Å². The van der Waals surface area contributed by atoms with Crippen LogP contribution in [0.2, 0.25) is 0 Å². The number of hydrogen-bond acceptors (Lipinski definition) is 2. The largest absolute Gasteiger partial charge is 0.488 e. The molecule has 0 bridgehead atoms. The van der Waals surface area contributed by atoms with Crippen LogP contribution in [-0.4, -0.2) is 12.4 Å². The fraction of sp³-hybridized carbons (Fsp3) is 0.300. The zero-order valence-corrected chi connectivity index (χ0v) is 8.09. The Morgan fingerprint density at radius 3 is 2.47 bits per heavy atom. The van der Waals surface area contributed by atoms with E-state index in [1.54, 1.807) is 0 Å². The first-order chi connectivity index (χ1) is 7.11. The summed E-state index contributed by atoms with van der Waals surface area (Å²) in [5.41, 5.74) is 5.11. The third-order valence-electron chi connectivity index (χ3n) is 1.76. The summed E-state index contributed by atoms with van der Waals surface area (Å²) in [4.78, 5) is 0. The number of ether oxygens (including phenoxy) is 1. The Hall–Kier alpha value is -1.65. The van der Waals surface area contributed by atoms with Crippen LogP contribution in [-0.2, 0) is 0 Å². The molecule has 3 N–H and O–H groups in total. The molecular weight excluding hydrogens is 202 g/mol. The molecule has 5 heteroatoms. The van der Waals surface area contributed by atoms with E-state index in [2.05, 4.69) is 0 Å². The van der Waals surface area contributed by atoms with E-state index in [-0.39, 0.29) is 18.2 Å². The molecule has 0 radical (unpaired) electrons. The van der Waals surface area contributed by atoms with Crippen molar-refractivity contribution >= 4 is 5.84 Å². The van der Waals surface area contributed by atoms with Crippen molar-refractivity contribution < 1.29 is 13.5 Å². The smallest absolute Gasteiger partial charge is 0.190 e. The van der Waals surface area contributed by atoms with E-state index in [4.69, 9.17) is 15.9 Å². The molecule has 0 aliphatic rings. The standard InChI is InChI=1S/C10H12F2N2O/c11-7-3-1-4-8(12)10(7)15-6-2-5-9(13)14/h1,3-4H,2,5-6H2,(H3,13,14). The second-order valence-corrected chi connectivity index (χ2v) is 3.03. The van der Waals surface area contributed by atoms with Gasteiger partial charge in [0.25, 0.3) is 0 Å². The van der Waals surface area contributed by atoms with Crippen LogP contribution in [0.25, 0.3) is 0 Å². The predicted octanol–water partition coefficient (Wildman–Crippen LogP) is 2.06. The molecule has 0 aliphatic heterocycles. The summed E-state index contributed by atoms with van der Waals surface area (Å²) < 4.78 is 30.9. The normalized spacial score (nSPS) is 10.0. The number of amidine groups is 1. The molecule has 0 aromatic heterocycles. The Balaban J connectivity index is 2.47. The highest BCUT2D eigenvalue weighted by molar-refractivity contribution is 5.76. The number of benzene rings is 1. The molecule has 0 atom stereocenters. The van der Waals surface area contributed by atoms with Gasteiger partial charge in [0.15, 0.2) is 17.4 Å². The Morgan fingerprint density at radius 2 is 1.93 bits per heavy atom. The lowest BCUT2D eigenvalue weighted by Crippen LogP contribution is -2.11. The highest BCUT2D eigenvalue weighted by Gasteiger charge is 2.08. The second-order valence-electron chi connectivity index (χ2n) is 3.03. The molecule has 3 nitrogen and oxygen atoms in total. The Labute approximate surface area is 86.4 Å². The van der Waals surface area contributed by atoms with Crippen molar-refractivity contribution in [3.8, 4) is 5.75 Å².